The van der Waals surface area contributed by atoms with E-state index in [4.69, 9.17) is 9.16 Å². The van der Waals surface area contributed by atoms with Crippen LogP contribution in [0.1, 0.15) is 5.56 Å². The highest BCUT2D eigenvalue weighted by atomic mass is 28.4. The van der Waals surface area contributed by atoms with Crippen LogP contribution in [0.5, 0.6) is 11.5 Å². The Hall–Kier alpha value is -0.786. The van der Waals surface area contributed by atoms with Gasteiger partial charge in [0, 0.05) is 0 Å². The predicted molar refractivity (Wildman–Crippen MR) is 85.9 cm³/mol. The van der Waals surface area contributed by atoms with Gasteiger partial charge in [-0.2, -0.15) is 0 Å². The van der Waals surface area contributed by atoms with E-state index in [0.717, 1.165) is 22.2 Å². The average molecular weight is 299 g/mol. The second-order valence-corrected chi connectivity index (χ2v) is 16.2. The Morgan fingerprint density at radius 2 is 1.63 bits per heavy atom. The molecule has 0 saturated heterocycles. The normalized spacial score (nSPS) is 12.4. The third kappa shape index (κ3) is 4.09. The quantitative estimate of drug-likeness (QED) is 0.850. The zero-order valence-electron chi connectivity index (χ0n) is 13.1. The lowest BCUT2D eigenvalue weighted by Gasteiger charge is -2.28. The molecule has 0 radical (unpaired) electrons. The smallest absolute Gasteiger partial charge is 0.242 e. The lowest BCUT2D eigenvalue weighted by Crippen LogP contribution is -2.42. The van der Waals surface area contributed by atoms with Crippen LogP contribution in [-0.2, 0) is 6.61 Å². The summed E-state index contributed by atoms with van der Waals surface area (Å²) >= 11 is 0. The molecule has 0 saturated carbocycles. The number of rotatable bonds is 5. The Morgan fingerprint density at radius 1 is 1.05 bits per heavy atom. The van der Waals surface area contributed by atoms with E-state index in [1.807, 2.05) is 12.1 Å². The summed E-state index contributed by atoms with van der Waals surface area (Å²) in [5.74, 6) is 1.63. The van der Waals surface area contributed by atoms with E-state index in [1.165, 1.54) is 0 Å². The Kier molecular flexibility index (Phi) is 4.87. The summed E-state index contributed by atoms with van der Waals surface area (Å²) in [6, 6.07) is 3.89. The summed E-state index contributed by atoms with van der Waals surface area (Å²) in [4.78, 5) is 0. The number of aliphatic hydroxyl groups is 1. The van der Waals surface area contributed by atoms with Crippen molar-refractivity contribution in [2.45, 2.75) is 45.9 Å². The molecule has 1 N–H and O–H groups in total. The first kappa shape index (κ1) is 16.3. The highest BCUT2D eigenvalue weighted by Gasteiger charge is 2.28. The zero-order chi connectivity index (χ0) is 14.8. The van der Waals surface area contributed by atoms with Crippen LogP contribution in [0.3, 0.4) is 0 Å². The topological polar surface area (TPSA) is 38.7 Å². The molecule has 0 aromatic heterocycles. The molecule has 19 heavy (non-hydrogen) atoms. The molecule has 108 valence electrons. The third-order valence-corrected chi connectivity index (χ3v) is 5.63. The summed E-state index contributed by atoms with van der Waals surface area (Å²) in [7, 11) is -1.63. The van der Waals surface area contributed by atoms with Gasteiger partial charge in [-0.3, -0.25) is 0 Å². The number of benzene rings is 1. The lowest BCUT2D eigenvalue weighted by atomic mass is 10.2. The summed E-state index contributed by atoms with van der Waals surface area (Å²) < 4.78 is 11.7. The summed E-state index contributed by atoms with van der Waals surface area (Å²) in [5, 5.41) is 10.7. The summed E-state index contributed by atoms with van der Waals surface area (Å²) in [6.07, 6.45) is 0. The fourth-order valence-electron chi connectivity index (χ4n) is 2.17. The van der Waals surface area contributed by atoms with Gasteiger partial charge in [0.05, 0.1) is 21.8 Å². The van der Waals surface area contributed by atoms with Crippen molar-refractivity contribution in [2.24, 2.45) is 0 Å². The maximum Gasteiger partial charge on any atom is 0.242 e. The minimum atomic E-state index is -1.68. The highest BCUT2D eigenvalue weighted by Crippen LogP contribution is 2.31. The van der Waals surface area contributed by atoms with Crippen LogP contribution < -0.4 is 14.3 Å². The van der Waals surface area contributed by atoms with E-state index in [2.05, 4.69) is 39.3 Å². The van der Waals surface area contributed by atoms with Gasteiger partial charge < -0.3 is 14.3 Å². The Labute approximate surface area is 118 Å². The predicted octanol–water partition coefficient (Wildman–Crippen LogP) is 2.95. The van der Waals surface area contributed by atoms with Gasteiger partial charge in [0.2, 0.25) is 8.32 Å². The van der Waals surface area contributed by atoms with Gasteiger partial charge in [-0.1, -0.05) is 25.7 Å². The van der Waals surface area contributed by atoms with Gasteiger partial charge >= 0.3 is 0 Å². The number of methoxy groups -OCH3 is 1. The molecule has 0 amide bonds. The molecule has 0 aliphatic carbocycles. The van der Waals surface area contributed by atoms with E-state index >= 15 is 0 Å². The molecule has 0 aliphatic rings. The molecule has 1 aromatic carbocycles. The van der Waals surface area contributed by atoms with E-state index in [9.17, 15) is 5.11 Å². The number of hydrogen-bond donors (Lipinski definition) is 1. The van der Waals surface area contributed by atoms with Gasteiger partial charge in [0.15, 0.2) is 5.75 Å². The maximum atomic E-state index is 9.56. The zero-order valence-corrected chi connectivity index (χ0v) is 15.1. The molecular formula is C14H26O3Si2. The van der Waals surface area contributed by atoms with Gasteiger partial charge in [0.25, 0.3) is 0 Å². The molecule has 0 fully saturated rings. The third-order valence-electron chi connectivity index (χ3n) is 2.75. The number of aliphatic hydroxyl groups excluding tert-OH is 1. The minimum absolute atomic E-state index is 0.0448. The van der Waals surface area contributed by atoms with Gasteiger partial charge in [0.1, 0.15) is 5.75 Å². The molecular weight excluding hydrogens is 272 g/mol. The van der Waals surface area contributed by atoms with Crippen molar-refractivity contribution in [3.05, 3.63) is 17.7 Å². The Bertz CT molecular complexity index is 445. The molecule has 3 nitrogen and oxygen atoms in total. The van der Waals surface area contributed by atoms with E-state index < -0.39 is 16.4 Å². The minimum Gasteiger partial charge on any atom is -0.542 e. The highest BCUT2D eigenvalue weighted by molar-refractivity contribution is 6.89. The van der Waals surface area contributed by atoms with Gasteiger partial charge in [-0.05, 0) is 36.5 Å². The van der Waals surface area contributed by atoms with Crippen molar-refractivity contribution in [3.63, 3.8) is 0 Å². The second kappa shape index (κ2) is 5.68. The second-order valence-electron chi connectivity index (χ2n) is 6.75. The van der Waals surface area contributed by atoms with Gasteiger partial charge in [-0.25, -0.2) is 0 Å². The molecule has 1 aromatic rings. The fraction of sp³-hybridized carbons (Fsp3) is 0.571. The lowest BCUT2D eigenvalue weighted by molar-refractivity contribution is 0.282. The molecule has 0 unspecified atom stereocenters. The number of hydrogen-bond acceptors (Lipinski definition) is 3. The van der Waals surface area contributed by atoms with Crippen LogP contribution in [0.15, 0.2) is 12.1 Å². The van der Waals surface area contributed by atoms with Crippen LogP contribution in [0.2, 0.25) is 39.3 Å². The van der Waals surface area contributed by atoms with Crippen LogP contribution in [0, 0.1) is 0 Å². The fourth-order valence-corrected chi connectivity index (χ4v) is 5.02. The summed E-state index contributed by atoms with van der Waals surface area (Å²) in [5.41, 5.74) is 0.957. The van der Waals surface area contributed by atoms with E-state index in [1.54, 1.807) is 7.11 Å². The Balaban J connectivity index is 3.45. The first-order valence-corrected chi connectivity index (χ1v) is 13.5. The van der Waals surface area contributed by atoms with Crippen LogP contribution in [0.25, 0.3) is 0 Å². The Morgan fingerprint density at radius 3 is 2.00 bits per heavy atom. The molecule has 0 heterocycles. The first-order chi connectivity index (χ1) is 8.60. The standard InChI is InChI=1S/C14H26O3Si2/c1-16-13-12(17-19(5,6)7)9-8-11(10-15)14(13)18(2,3)4/h8-9,15H,10H2,1-7H3. The molecule has 0 bridgehead atoms. The molecule has 1 rings (SSSR count). The van der Waals surface area contributed by atoms with Crippen LogP contribution >= 0.6 is 0 Å². The monoisotopic (exact) mass is 298 g/mol. The van der Waals surface area contributed by atoms with Crippen LogP contribution in [-0.4, -0.2) is 28.6 Å². The summed E-state index contributed by atoms with van der Waals surface area (Å²) in [6.45, 7) is 13.3. The van der Waals surface area contributed by atoms with Crippen LogP contribution in [0.4, 0.5) is 0 Å². The van der Waals surface area contributed by atoms with Crippen molar-refractivity contribution in [1.29, 1.82) is 0 Å². The van der Waals surface area contributed by atoms with Crippen molar-refractivity contribution in [2.75, 3.05) is 7.11 Å². The SMILES string of the molecule is COc1c(O[Si](C)(C)C)ccc(CO)c1[Si](C)(C)C. The number of ether oxygens (including phenoxy) is 1. The average Bonchev–Trinajstić information content (AvgIpc) is 2.25. The molecule has 5 heteroatoms. The largest absolute Gasteiger partial charge is 0.542 e. The molecule has 0 atom stereocenters. The first-order valence-electron chi connectivity index (χ1n) is 6.60. The van der Waals surface area contributed by atoms with Gasteiger partial charge in [-0.15, -0.1) is 0 Å². The van der Waals surface area contributed by atoms with E-state index in [-0.39, 0.29) is 6.61 Å². The van der Waals surface area contributed by atoms with E-state index in [0.29, 0.717) is 0 Å². The van der Waals surface area contributed by atoms with Crippen molar-refractivity contribution < 1.29 is 14.3 Å². The van der Waals surface area contributed by atoms with Crippen molar-refractivity contribution in [3.8, 4) is 11.5 Å². The van der Waals surface area contributed by atoms with Crippen molar-refractivity contribution >= 4 is 21.6 Å². The maximum absolute atomic E-state index is 9.56. The molecule has 0 aliphatic heterocycles. The van der Waals surface area contributed by atoms with Crippen molar-refractivity contribution in [1.82, 2.24) is 0 Å². The molecule has 0 spiro atoms.